The number of amides is 1. The molecule has 0 aliphatic carbocycles. The highest BCUT2D eigenvalue weighted by Gasteiger charge is 2.37. The molecule has 6 nitrogen and oxygen atoms in total. The Kier molecular flexibility index (Phi) is 6.02. The normalized spacial score (nSPS) is 13.1. The highest BCUT2D eigenvalue weighted by atomic mass is 32.1. The first-order chi connectivity index (χ1) is 15.9. The zero-order chi connectivity index (χ0) is 24.7. The molecule has 1 atom stereocenters. The summed E-state index contributed by atoms with van der Waals surface area (Å²) in [5.41, 5.74) is -1.93. The Morgan fingerprint density at radius 3 is 2.59 bits per heavy atom. The molecule has 0 bridgehead atoms. The maximum Gasteiger partial charge on any atom is 0.416 e. The van der Waals surface area contributed by atoms with Gasteiger partial charge >= 0.3 is 6.18 Å². The summed E-state index contributed by atoms with van der Waals surface area (Å²) >= 11 is 1.41. The van der Waals surface area contributed by atoms with E-state index in [2.05, 4.69) is 15.6 Å². The minimum Gasteiger partial charge on any atom is -0.355 e. The van der Waals surface area contributed by atoms with Gasteiger partial charge in [-0.3, -0.25) is 9.48 Å². The molecule has 1 unspecified atom stereocenters. The molecule has 4 aromatic rings. The van der Waals surface area contributed by atoms with Gasteiger partial charge in [0.1, 0.15) is 0 Å². The molecule has 0 aliphatic heterocycles. The molecule has 1 aromatic carbocycles. The number of halogens is 5. The van der Waals surface area contributed by atoms with Gasteiger partial charge in [-0.25, -0.2) is 8.78 Å². The first kappa shape index (κ1) is 23.6. The predicted molar refractivity (Wildman–Crippen MR) is 115 cm³/mol. The molecule has 1 N–H and O–H groups in total. The van der Waals surface area contributed by atoms with Crippen molar-refractivity contribution in [1.82, 2.24) is 14.9 Å². The molecular formula is C22H17F5N4O2S. The van der Waals surface area contributed by atoms with Crippen molar-refractivity contribution in [1.29, 1.82) is 0 Å². The van der Waals surface area contributed by atoms with Crippen LogP contribution < -0.4 is 5.32 Å². The maximum atomic E-state index is 13.6. The van der Waals surface area contributed by atoms with Gasteiger partial charge in [-0.2, -0.15) is 18.3 Å². The van der Waals surface area contributed by atoms with E-state index >= 15 is 0 Å². The number of rotatable bonds is 6. The van der Waals surface area contributed by atoms with Gasteiger partial charge in [-0.15, -0.1) is 11.3 Å². The fraction of sp³-hybridized carbons (Fsp3) is 0.227. The van der Waals surface area contributed by atoms with Crippen LogP contribution in [0.5, 0.6) is 0 Å². The van der Waals surface area contributed by atoms with Crippen LogP contribution in [0.15, 0.2) is 58.7 Å². The van der Waals surface area contributed by atoms with Crippen molar-refractivity contribution >= 4 is 22.9 Å². The van der Waals surface area contributed by atoms with Crippen LogP contribution in [-0.2, 0) is 12.1 Å². The zero-order valence-corrected chi connectivity index (χ0v) is 18.5. The van der Waals surface area contributed by atoms with E-state index in [4.69, 9.17) is 4.52 Å². The molecule has 34 heavy (non-hydrogen) atoms. The van der Waals surface area contributed by atoms with E-state index in [1.165, 1.54) is 41.4 Å². The number of alkyl halides is 5. The van der Waals surface area contributed by atoms with E-state index in [1.54, 1.807) is 0 Å². The summed E-state index contributed by atoms with van der Waals surface area (Å²) < 4.78 is 74.4. The van der Waals surface area contributed by atoms with Gasteiger partial charge < -0.3 is 9.84 Å². The van der Waals surface area contributed by atoms with Crippen LogP contribution >= 0.6 is 11.3 Å². The molecule has 0 fully saturated rings. The molecule has 12 heteroatoms. The van der Waals surface area contributed by atoms with Crippen molar-refractivity contribution < 1.29 is 31.3 Å². The van der Waals surface area contributed by atoms with Crippen molar-refractivity contribution in [2.24, 2.45) is 0 Å². The van der Waals surface area contributed by atoms with Gasteiger partial charge in [-0.1, -0.05) is 23.4 Å². The van der Waals surface area contributed by atoms with E-state index in [1.807, 2.05) is 17.5 Å². The van der Waals surface area contributed by atoms with E-state index < -0.39 is 35.2 Å². The van der Waals surface area contributed by atoms with Crippen LogP contribution in [0.4, 0.5) is 27.6 Å². The Morgan fingerprint density at radius 2 is 1.94 bits per heavy atom. The molecule has 3 aromatic heterocycles. The van der Waals surface area contributed by atoms with Crippen molar-refractivity contribution in [3.05, 3.63) is 76.6 Å². The summed E-state index contributed by atoms with van der Waals surface area (Å²) in [5.74, 6) is -3.59. The third-order valence-corrected chi connectivity index (χ3v) is 5.96. The minimum atomic E-state index is -4.84. The number of hydrogen-bond acceptors (Lipinski definition) is 5. The van der Waals surface area contributed by atoms with E-state index in [-0.39, 0.29) is 16.9 Å². The Morgan fingerprint density at radius 1 is 1.18 bits per heavy atom. The molecule has 0 radical (unpaired) electrons. The summed E-state index contributed by atoms with van der Waals surface area (Å²) in [7, 11) is 0. The second kappa shape index (κ2) is 8.67. The smallest absolute Gasteiger partial charge is 0.355 e. The summed E-state index contributed by atoms with van der Waals surface area (Å²) in [5, 5.41) is 12.2. The van der Waals surface area contributed by atoms with E-state index in [0.29, 0.717) is 18.8 Å². The Bertz CT molecular complexity index is 1310. The van der Waals surface area contributed by atoms with E-state index in [0.717, 1.165) is 17.0 Å². The number of benzene rings is 1. The van der Waals surface area contributed by atoms with Gasteiger partial charge in [0.25, 0.3) is 11.8 Å². The van der Waals surface area contributed by atoms with Gasteiger partial charge in [-0.05, 0) is 30.0 Å². The average Bonchev–Trinajstić information content (AvgIpc) is 3.52. The number of carbonyl (C=O) groups excluding carboxylic acids is 1. The third kappa shape index (κ3) is 4.86. The summed E-state index contributed by atoms with van der Waals surface area (Å²) in [6, 6.07) is 6.57. The van der Waals surface area contributed by atoms with Crippen molar-refractivity contribution in [2.75, 3.05) is 5.32 Å². The first-order valence-electron chi connectivity index (χ1n) is 9.89. The third-order valence-electron chi connectivity index (χ3n) is 5.08. The van der Waals surface area contributed by atoms with Gasteiger partial charge in [0.05, 0.1) is 28.4 Å². The summed E-state index contributed by atoms with van der Waals surface area (Å²) in [6.45, 7) is 1.98. The van der Waals surface area contributed by atoms with Crippen molar-refractivity contribution in [2.45, 2.75) is 32.0 Å². The van der Waals surface area contributed by atoms with Crippen LogP contribution in [0.3, 0.4) is 0 Å². The molecule has 0 spiro atoms. The molecule has 3 heterocycles. The van der Waals surface area contributed by atoms with E-state index in [9.17, 15) is 26.7 Å². The zero-order valence-electron chi connectivity index (χ0n) is 17.7. The number of nitrogens with zero attached hydrogens (tertiary/aromatic N) is 3. The summed E-state index contributed by atoms with van der Waals surface area (Å²) in [4.78, 5) is 13.3. The molecular weight excluding hydrogens is 479 g/mol. The second-order valence-electron chi connectivity index (χ2n) is 7.58. The number of thiophene rings is 1. The molecule has 4 rings (SSSR count). The van der Waals surface area contributed by atoms with Crippen LogP contribution in [-0.4, -0.2) is 20.8 Å². The maximum absolute atomic E-state index is 13.6. The number of carbonyl (C=O) groups is 1. The number of aromatic nitrogens is 3. The number of nitrogens with one attached hydrogen (secondary N) is 1. The molecule has 0 saturated carbocycles. The van der Waals surface area contributed by atoms with Crippen LogP contribution in [0.1, 0.15) is 47.1 Å². The Labute approximate surface area is 194 Å². The Hall–Kier alpha value is -3.54. The first-order valence-corrected chi connectivity index (χ1v) is 10.8. The van der Waals surface area contributed by atoms with Crippen LogP contribution in [0.2, 0.25) is 0 Å². The minimum absolute atomic E-state index is 0.0136. The standard InChI is InChI=1S/C22H17F5N4O2S/c1-12(15-6-5-13(21(2,23)24)8-16(15)22(25,26)27)31-11-14(10-28-31)29-20(32)17-9-18(33-30-17)19-4-3-7-34-19/h3-12H,1-2H3,(H,29,32). The second-order valence-corrected chi connectivity index (χ2v) is 8.53. The van der Waals surface area contributed by atoms with Crippen molar-refractivity contribution in [3.63, 3.8) is 0 Å². The average molecular weight is 496 g/mol. The van der Waals surface area contributed by atoms with Gasteiger partial charge in [0.15, 0.2) is 11.5 Å². The largest absolute Gasteiger partial charge is 0.416 e. The van der Waals surface area contributed by atoms with Crippen molar-refractivity contribution in [3.8, 4) is 10.6 Å². The molecule has 0 saturated heterocycles. The lowest BCUT2D eigenvalue weighted by Crippen LogP contribution is -2.18. The molecule has 0 aliphatic rings. The molecule has 1 amide bonds. The monoisotopic (exact) mass is 496 g/mol. The lowest BCUT2D eigenvalue weighted by atomic mass is 9.96. The highest BCUT2D eigenvalue weighted by Crippen LogP contribution is 2.39. The van der Waals surface area contributed by atoms with Gasteiger partial charge in [0.2, 0.25) is 0 Å². The Balaban J connectivity index is 1.55. The number of hydrogen-bond donors (Lipinski definition) is 1. The highest BCUT2D eigenvalue weighted by molar-refractivity contribution is 7.13. The van der Waals surface area contributed by atoms with Gasteiger partial charge in [0, 0.05) is 24.8 Å². The van der Waals surface area contributed by atoms with Crippen LogP contribution in [0, 0.1) is 0 Å². The predicted octanol–water partition coefficient (Wildman–Crippen LogP) is 6.59. The fourth-order valence-electron chi connectivity index (χ4n) is 3.31. The van der Waals surface area contributed by atoms with Crippen LogP contribution in [0.25, 0.3) is 10.6 Å². The summed E-state index contributed by atoms with van der Waals surface area (Å²) in [6.07, 6.45) is -2.25. The molecule has 178 valence electrons. The lowest BCUT2D eigenvalue weighted by Gasteiger charge is -2.21. The number of anilines is 1. The quantitative estimate of drug-likeness (QED) is 0.306. The fourth-order valence-corrected chi connectivity index (χ4v) is 3.98. The SMILES string of the molecule is CC(c1ccc(C(C)(F)F)cc1C(F)(F)F)n1cc(NC(=O)c2cc(-c3cccs3)on2)cn1. The topological polar surface area (TPSA) is 73.0 Å². The lowest BCUT2D eigenvalue weighted by molar-refractivity contribution is -0.138.